The molecule has 0 unspecified atom stereocenters. The molecular formula is C21H35IN4O4. The van der Waals surface area contributed by atoms with Crippen LogP contribution >= 0.6 is 24.0 Å². The number of nitrogens with zero attached hydrogens (tertiary/aromatic N) is 2. The largest absolute Gasteiger partial charge is 0.508 e. The van der Waals surface area contributed by atoms with E-state index in [1.54, 1.807) is 19.2 Å². The highest BCUT2D eigenvalue weighted by atomic mass is 127. The molecule has 1 aromatic carbocycles. The minimum Gasteiger partial charge on any atom is -0.508 e. The van der Waals surface area contributed by atoms with Gasteiger partial charge in [0, 0.05) is 52.1 Å². The first-order valence-corrected chi connectivity index (χ1v) is 10.3. The highest BCUT2D eigenvalue weighted by molar-refractivity contribution is 14.0. The van der Waals surface area contributed by atoms with Crippen molar-refractivity contribution in [3.63, 3.8) is 0 Å². The minimum absolute atomic E-state index is 0. The van der Waals surface area contributed by atoms with Crippen molar-refractivity contribution in [3.8, 4) is 5.75 Å². The lowest BCUT2D eigenvalue weighted by Gasteiger charge is -2.34. The number of halogens is 1. The number of carbonyl (C=O) groups excluding carboxylic acids is 1. The average Bonchev–Trinajstić information content (AvgIpc) is 2.74. The Balaban J connectivity index is 0.00000450. The molecule has 0 saturated carbocycles. The van der Waals surface area contributed by atoms with Crippen LogP contribution in [-0.4, -0.2) is 81.0 Å². The molecule has 0 aliphatic carbocycles. The van der Waals surface area contributed by atoms with E-state index in [9.17, 15) is 9.90 Å². The zero-order chi connectivity index (χ0) is 20.9. The van der Waals surface area contributed by atoms with Gasteiger partial charge in [0.15, 0.2) is 5.96 Å². The van der Waals surface area contributed by atoms with Gasteiger partial charge in [0.1, 0.15) is 5.75 Å². The van der Waals surface area contributed by atoms with E-state index < -0.39 is 0 Å². The van der Waals surface area contributed by atoms with Crippen LogP contribution in [0.5, 0.6) is 5.75 Å². The molecule has 3 N–H and O–H groups in total. The molecule has 8 nitrogen and oxygen atoms in total. The lowest BCUT2D eigenvalue weighted by Crippen LogP contribution is -2.47. The zero-order valence-electron chi connectivity index (χ0n) is 17.9. The molecule has 0 atom stereocenters. The number of phenols is 1. The summed E-state index contributed by atoms with van der Waals surface area (Å²) in [6.07, 6.45) is 3.19. The van der Waals surface area contributed by atoms with Gasteiger partial charge in [-0.25, -0.2) is 0 Å². The Kier molecular flexibility index (Phi) is 13.4. The molecule has 0 bridgehead atoms. The number of likely N-dealkylation sites (tertiary alicyclic amines) is 1. The monoisotopic (exact) mass is 534 g/mol. The maximum atomic E-state index is 12.1. The first-order chi connectivity index (χ1) is 14.1. The van der Waals surface area contributed by atoms with Crippen LogP contribution in [0, 0.1) is 0 Å². The fraction of sp³-hybridized carbons (Fsp3) is 0.619. The summed E-state index contributed by atoms with van der Waals surface area (Å²) in [6.45, 7) is 7.08. The normalized spacial score (nSPS) is 14.9. The summed E-state index contributed by atoms with van der Waals surface area (Å²) in [6, 6.07) is 6.20. The number of aliphatic imine (C=N–C) groups is 1. The standard InChI is InChI=1S/C21H34N4O4.HI/c1-3-22-21(25-13-9-19(10-14-25)29-16-4-15-28-2)24-12-11-23-20(27)17-5-7-18(26)8-6-17;/h5-8,19,26H,3-4,9-16H2,1-2H3,(H,22,24)(H,23,27);1H. The third-order valence-corrected chi connectivity index (χ3v) is 4.71. The molecule has 9 heteroatoms. The third kappa shape index (κ3) is 9.48. The van der Waals surface area contributed by atoms with Crippen LogP contribution in [0.3, 0.4) is 0 Å². The molecule has 30 heavy (non-hydrogen) atoms. The predicted molar refractivity (Wildman–Crippen MR) is 129 cm³/mol. The Morgan fingerprint density at radius 1 is 1.20 bits per heavy atom. The van der Waals surface area contributed by atoms with Crippen molar-refractivity contribution in [2.24, 2.45) is 4.99 Å². The predicted octanol–water partition coefficient (Wildman–Crippen LogP) is 2.22. The molecule has 1 saturated heterocycles. The van der Waals surface area contributed by atoms with E-state index in [-0.39, 0.29) is 35.6 Å². The number of piperidine rings is 1. The van der Waals surface area contributed by atoms with E-state index in [0.717, 1.165) is 58.1 Å². The highest BCUT2D eigenvalue weighted by Crippen LogP contribution is 2.14. The van der Waals surface area contributed by atoms with Crippen LogP contribution in [0.1, 0.15) is 36.5 Å². The maximum absolute atomic E-state index is 12.1. The van der Waals surface area contributed by atoms with Gasteiger partial charge in [0.2, 0.25) is 0 Å². The van der Waals surface area contributed by atoms with Crippen molar-refractivity contribution in [1.29, 1.82) is 0 Å². The van der Waals surface area contributed by atoms with Crippen molar-refractivity contribution < 1.29 is 19.4 Å². The van der Waals surface area contributed by atoms with E-state index in [1.165, 1.54) is 12.1 Å². The van der Waals surface area contributed by atoms with Crippen molar-refractivity contribution in [1.82, 2.24) is 15.5 Å². The Bertz CT molecular complexity index is 634. The van der Waals surface area contributed by atoms with Crippen molar-refractivity contribution in [3.05, 3.63) is 29.8 Å². The van der Waals surface area contributed by atoms with Crippen LogP contribution < -0.4 is 10.6 Å². The quantitative estimate of drug-likeness (QED) is 0.185. The third-order valence-electron chi connectivity index (χ3n) is 4.71. The van der Waals surface area contributed by atoms with Crippen LogP contribution in [0.2, 0.25) is 0 Å². The number of hydrogen-bond acceptors (Lipinski definition) is 5. The van der Waals surface area contributed by atoms with Gasteiger partial charge in [0.25, 0.3) is 5.91 Å². The maximum Gasteiger partial charge on any atom is 0.251 e. The summed E-state index contributed by atoms with van der Waals surface area (Å²) >= 11 is 0. The van der Waals surface area contributed by atoms with Crippen LogP contribution in [-0.2, 0) is 9.47 Å². The van der Waals surface area contributed by atoms with Crippen LogP contribution in [0.4, 0.5) is 0 Å². The van der Waals surface area contributed by atoms with Gasteiger partial charge in [-0.3, -0.25) is 9.79 Å². The summed E-state index contributed by atoms with van der Waals surface area (Å²) in [7, 11) is 1.71. The molecule has 1 fully saturated rings. The van der Waals surface area contributed by atoms with E-state index in [2.05, 4.69) is 20.5 Å². The molecule has 0 radical (unpaired) electrons. The highest BCUT2D eigenvalue weighted by Gasteiger charge is 2.21. The summed E-state index contributed by atoms with van der Waals surface area (Å²) in [4.78, 5) is 19.0. The number of phenolic OH excluding ortho intramolecular Hbond substituents is 1. The number of methoxy groups -OCH3 is 1. The second-order valence-electron chi connectivity index (χ2n) is 6.94. The summed E-state index contributed by atoms with van der Waals surface area (Å²) in [5.74, 6) is 0.853. The van der Waals surface area contributed by atoms with E-state index in [1.807, 2.05) is 6.92 Å². The van der Waals surface area contributed by atoms with Gasteiger partial charge in [-0.05, 0) is 50.5 Å². The first kappa shape index (κ1) is 26.4. The molecule has 1 aromatic rings. The average molecular weight is 534 g/mol. The van der Waals surface area contributed by atoms with Gasteiger partial charge in [-0.1, -0.05) is 0 Å². The number of amides is 1. The number of ether oxygens (including phenoxy) is 2. The van der Waals surface area contributed by atoms with E-state index >= 15 is 0 Å². The molecular weight excluding hydrogens is 499 g/mol. The summed E-state index contributed by atoms with van der Waals surface area (Å²) in [5, 5.41) is 15.5. The molecule has 1 aliphatic heterocycles. The molecule has 1 heterocycles. The van der Waals surface area contributed by atoms with Crippen molar-refractivity contribution >= 4 is 35.8 Å². The Morgan fingerprint density at radius 3 is 2.53 bits per heavy atom. The molecule has 0 aromatic heterocycles. The van der Waals surface area contributed by atoms with Gasteiger partial charge in [-0.15, -0.1) is 24.0 Å². The Labute approximate surface area is 196 Å². The van der Waals surface area contributed by atoms with Gasteiger partial charge in [0.05, 0.1) is 12.6 Å². The lowest BCUT2D eigenvalue weighted by atomic mass is 10.1. The summed E-state index contributed by atoms with van der Waals surface area (Å²) < 4.78 is 11.0. The number of carbonyl (C=O) groups is 1. The number of hydrogen-bond donors (Lipinski definition) is 3. The van der Waals surface area contributed by atoms with Crippen LogP contribution in [0.25, 0.3) is 0 Å². The molecule has 170 valence electrons. The topological polar surface area (TPSA) is 95.4 Å². The SMILES string of the molecule is CCNC(=NCCNC(=O)c1ccc(O)cc1)N1CCC(OCCCOC)CC1.I. The van der Waals surface area contributed by atoms with Gasteiger partial charge in [-0.2, -0.15) is 0 Å². The van der Waals surface area contributed by atoms with Crippen LogP contribution in [0.15, 0.2) is 29.3 Å². The zero-order valence-corrected chi connectivity index (χ0v) is 20.3. The molecule has 1 aliphatic rings. The van der Waals surface area contributed by atoms with Gasteiger partial charge < -0.3 is 30.1 Å². The Morgan fingerprint density at radius 2 is 1.90 bits per heavy atom. The second kappa shape index (κ2) is 15.2. The molecule has 1 amide bonds. The van der Waals surface area contributed by atoms with Crippen molar-refractivity contribution in [2.75, 3.05) is 53.0 Å². The Hall–Kier alpha value is -1.59. The molecule has 0 spiro atoms. The number of guanidine groups is 1. The second-order valence-corrected chi connectivity index (χ2v) is 6.94. The fourth-order valence-corrected chi connectivity index (χ4v) is 3.16. The lowest BCUT2D eigenvalue weighted by molar-refractivity contribution is 0.00990. The number of nitrogens with one attached hydrogen (secondary N) is 2. The van der Waals surface area contributed by atoms with Gasteiger partial charge >= 0.3 is 0 Å². The van der Waals surface area contributed by atoms with E-state index in [4.69, 9.17) is 9.47 Å². The number of rotatable bonds is 10. The number of aromatic hydroxyl groups is 1. The molecule has 2 rings (SSSR count). The minimum atomic E-state index is -0.170. The van der Waals surface area contributed by atoms with Crippen molar-refractivity contribution in [2.45, 2.75) is 32.3 Å². The smallest absolute Gasteiger partial charge is 0.251 e. The fourth-order valence-electron chi connectivity index (χ4n) is 3.16. The first-order valence-electron chi connectivity index (χ1n) is 10.3. The van der Waals surface area contributed by atoms with E-state index in [0.29, 0.717) is 24.8 Å². The number of benzene rings is 1. The summed E-state index contributed by atoms with van der Waals surface area (Å²) in [5.41, 5.74) is 0.520.